The topological polar surface area (TPSA) is 71.2 Å². The summed E-state index contributed by atoms with van der Waals surface area (Å²) in [5.74, 6) is 0.0112. The lowest BCUT2D eigenvalue weighted by atomic mass is 10.2. The van der Waals surface area contributed by atoms with Gasteiger partial charge in [-0.15, -0.1) is 0 Å². The first kappa shape index (κ1) is 14.4. The largest absolute Gasteiger partial charge is 0.397 e. The van der Waals surface area contributed by atoms with E-state index in [0.29, 0.717) is 12.1 Å². The number of aromatic nitrogens is 1. The molecule has 18 heavy (non-hydrogen) atoms. The molecule has 100 valence electrons. The van der Waals surface area contributed by atoms with E-state index in [1.54, 1.807) is 18.3 Å². The third-order valence-corrected chi connectivity index (χ3v) is 2.54. The maximum Gasteiger partial charge on any atom is 0.226 e. The van der Waals surface area contributed by atoms with Crippen molar-refractivity contribution in [3.63, 3.8) is 0 Å². The number of carbonyl (C=O) groups is 1. The number of nitrogens with zero attached hydrogens (tertiary/aromatic N) is 2. The van der Waals surface area contributed by atoms with Crippen LogP contribution in [0.4, 0.5) is 5.69 Å². The summed E-state index contributed by atoms with van der Waals surface area (Å²) in [5, 5.41) is 2.89. The van der Waals surface area contributed by atoms with Crippen molar-refractivity contribution in [2.24, 2.45) is 0 Å². The average molecular weight is 250 g/mol. The zero-order valence-electron chi connectivity index (χ0n) is 11.1. The minimum Gasteiger partial charge on any atom is -0.397 e. The van der Waals surface area contributed by atoms with Crippen LogP contribution in [-0.4, -0.2) is 43.0 Å². The summed E-state index contributed by atoms with van der Waals surface area (Å²) in [7, 11) is 4.09. The Morgan fingerprint density at radius 3 is 2.78 bits per heavy atom. The van der Waals surface area contributed by atoms with Crippen molar-refractivity contribution < 1.29 is 4.79 Å². The molecule has 0 bridgehead atoms. The molecule has 1 amide bonds. The van der Waals surface area contributed by atoms with Gasteiger partial charge in [-0.25, -0.2) is 0 Å². The molecule has 0 spiro atoms. The number of nitrogens with two attached hydrogens (primary N) is 1. The van der Waals surface area contributed by atoms with Gasteiger partial charge in [-0.3, -0.25) is 9.78 Å². The average Bonchev–Trinajstić information content (AvgIpc) is 2.31. The molecule has 3 N–H and O–H groups in total. The van der Waals surface area contributed by atoms with Crippen molar-refractivity contribution in [1.82, 2.24) is 15.2 Å². The molecule has 0 atom stereocenters. The Balaban J connectivity index is 2.16. The predicted molar refractivity (Wildman–Crippen MR) is 73.2 cm³/mol. The van der Waals surface area contributed by atoms with Crippen LogP contribution in [0.15, 0.2) is 18.3 Å². The zero-order chi connectivity index (χ0) is 13.4. The van der Waals surface area contributed by atoms with E-state index in [1.807, 2.05) is 14.1 Å². The molecule has 0 unspecified atom stereocenters. The van der Waals surface area contributed by atoms with Gasteiger partial charge in [-0.1, -0.05) is 0 Å². The van der Waals surface area contributed by atoms with Crippen molar-refractivity contribution in [2.45, 2.75) is 19.3 Å². The number of nitrogens with one attached hydrogen (secondary N) is 1. The van der Waals surface area contributed by atoms with Crippen molar-refractivity contribution >= 4 is 11.6 Å². The standard InChI is InChI=1S/C13H22N4O/c1-17(2)8-4-3-7-15-13(18)9-12-6-5-11(14)10-16-12/h5-6,10H,3-4,7-9,14H2,1-2H3,(H,15,18). The number of hydrogen-bond acceptors (Lipinski definition) is 4. The molecule has 1 heterocycles. The van der Waals surface area contributed by atoms with Crippen LogP contribution in [0.2, 0.25) is 0 Å². The Bertz CT molecular complexity index is 362. The first-order valence-electron chi connectivity index (χ1n) is 6.20. The van der Waals surface area contributed by atoms with Gasteiger partial charge in [0, 0.05) is 12.2 Å². The van der Waals surface area contributed by atoms with E-state index in [0.717, 1.165) is 31.6 Å². The number of amides is 1. The number of rotatable bonds is 7. The molecule has 0 saturated carbocycles. The molecule has 0 aromatic carbocycles. The Labute approximate surface area is 108 Å². The summed E-state index contributed by atoms with van der Waals surface area (Å²) in [6, 6.07) is 3.54. The molecule has 5 heteroatoms. The third-order valence-electron chi connectivity index (χ3n) is 2.54. The fourth-order valence-corrected chi connectivity index (χ4v) is 1.55. The predicted octanol–water partition coefficient (Wildman–Crippen LogP) is 0.664. The van der Waals surface area contributed by atoms with Gasteiger partial charge in [0.25, 0.3) is 0 Å². The Morgan fingerprint density at radius 1 is 1.39 bits per heavy atom. The van der Waals surface area contributed by atoms with Gasteiger partial charge in [-0.05, 0) is 45.6 Å². The second kappa shape index (κ2) is 7.66. The van der Waals surface area contributed by atoms with Gasteiger partial charge < -0.3 is 16.0 Å². The van der Waals surface area contributed by atoms with Gasteiger partial charge in [0.05, 0.1) is 18.3 Å². The van der Waals surface area contributed by atoms with Crippen molar-refractivity contribution in [1.29, 1.82) is 0 Å². The van der Waals surface area contributed by atoms with E-state index < -0.39 is 0 Å². The first-order chi connectivity index (χ1) is 8.58. The molecule has 5 nitrogen and oxygen atoms in total. The summed E-state index contributed by atoms with van der Waals surface area (Å²) in [5.41, 5.74) is 6.89. The van der Waals surface area contributed by atoms with Gasteiger partial charge in [0.15, 0.2) is 0 Å². The van der Waals surface area contributed by atoms with Crippen molar-refractivity contribution in [3.05, 3.63) is 24.0 Å². The number of carbonyl (C=O) groups excluding carboxylic acids is 1. The maximum absolute atomic E-state index is 11.6. The molecule has 0 aliphatic carbocycles. The second-order valence-electron chi connectivity index (χ2n) is 4.62. The lowest BCUT2D eigenvalue weighted by molar-refractivity contribution is -0.120. The molecule has 0 aliphatic rings. The summed E-state index contributed by atoms with van der Waals surface area (Å²) < 4.78 is 0. The van der Waals surface area contributed by atoms with Crippen LogP contribution in [0.5, 0.6) is 0 Å². The van der Waals surface area contributed by atoms with Crippen LogP contribution < -0.4 is 11.1 Å². The van der Waals surface area contributed by atoms with Crippen LogP contribution in [0.25, 0.3) is 0 Å². The van der Waals surface area contributed by atoms with E-state index in [9.17, 15) is 4.79 Å². The maximum atomic E-state index is 11.6. The Kier molecular flexibility index (Phi) is 6.14. The van der Waals surface area contributed by atoms with Crippen LogP contribution in [0, 0.1) is 0 Å². The minimum atomic E-state index is 0.0112. The van der Waals surface area contributed by atoms with E-state index in [2.05, 4.69) is 15.2 Å². The number of anilines is 1. The van der Waals surface area contributed by atoms with Gasteiger partial charge in [-0.2, -0.15) is 0 Å². The van der Waals surface area contributed by atoms with Gasteiger partial charge >= 0.3 is 0 Å². The zero-order valence-corrected chi connectivity index (χ0v) is 11.1. The Hall–Kier alpha value is -1.62. The second-order valence-corrected chi connectivity index (χ2v) is 4.62. The highest BCUT2D eigenvalue weighted by Crippen LogP contribution is 2.01. The molecule has 1 aromatic rings. The lowest BCUT2D eigenvalue weighted by Crippen LogP contribution is -2.27. The smallest absolute Gasteiger partial charge is 0.226 e. The van der Waals surface area contributed by atoms with E-state index in [4.69, 9.17) is 5.73 Å². The highest BCUT2D eigenvalue weighted by Gasteiger charge is 2.03. The van der Waals surface area contributed by atoms with E-state index >= 15 is 0 Å². The number of hydrogen-bond donors (Lipinski definition) is 2. The normalized spacial score (nSPS) is 10.6. The number of pyridine rings is 1. The molecule has 0 aliphatic heterocycles. The highest BCUT2D eigenvalue weighted by molar-refractivity contribution is 5.78. The van der Waals surface area contributed by atoms with Crippen LogP contribution in [0.3, 0.4) is 0 Å². The van der Waals surface area contributed by atoms with E-state index in [1.165, 1.54) is 0 Å². The van der Waals surface area contributed by atoms with Crippen LogP contribution in [-0.2, 0) is 11.2 Å². The van der Waals surface area contributed by atoms with Gasteiger partial charge in [0.1, 0.15) is 0 Å². The van der Waals surface area contributed by atoms with Crippen LogP contribution in [0.1, 0.15) is 18.5 Å². The molecule has 0 saturated heterocycles. The molecule has 0 fully saturated rings. The number of nitrogen functional groups attached to an aromatic ring is 1. The minimum absolute atomic E-state index is 0.0112. The molecule has 0 radical (unpaired) electrons. The third kappa shape index (κ3) is 6.20. The van der Waals surface area contributed by atoms with Crippen molar-refractivity contribution in [3.8, 4) is 0 Å². The lowest BCUT2D eigenvalue weighted by Gasteiger charge is -2.09. The molecular formula is C13H22N4O. The fraction of sp³-hybridized carbons (Fsp3) is 0.538. The van der Waals surface area contributed by atoms with Gasteiger partial charge in [0.2, 0.25) is 5.91 Å². The quantitative estimate of drug-likeness (QED) is 0.698. The summed E-state index contributed by atoms with van der Waals surface area (Å²) in [6.07, 6.45) is 3.97. The van der Waals surface area contributed by atoms with Crippen LogP contribution >= 0.6 is 0 Å². The van der Waals surface area contributed by atoms with E-state index in [-0.39, 0.29) is 5.91 Å². The molecule has 1 rings (SSSR count). The first-order valence-corrected chi connectivity index (χ1v) is 6.20. The Morgan fingerprint density at radius 2 is 2.17 bits per heavy atom. The summed E-state index contributed by atoms with van der Waals surface area (Å²) in [4.78, 5) is 17.8. The molecule has 1 aromatic heterocycles. The fourth-order valence-electron chi connectivity index (χ4n) is 1.55. The monoisotopic (exact) mass is 250 g/mol. The number of unbranched alkanes of at least 4 members (excludes halogenated alkanes) is 1. The SMILES string of the molecule is CN(C)CCCCNC(=O)Cc1ccc(N)cn1. The highest BCUT2D eigenvalue weighted by atomic mass is 16.1. The summed E-state index contributed by atoms with van der Waals surface area (Å²) in [6.45, 7) is 1.77. The summed E-state index contributed by atoms with van der Waals surface area (Å²) >= 11 is 0. The molecular weight excluding hydrogens is 228 g/mol. The van der Waals surface area contributed by atoms with Crippen molar-refractivity contribution in [2.75, 3.05) is 32.9 Å².